The number of nitrogens with zero attached hydrogens (tertiary/aromatic N) is 2. The lowest BCUT2D eigenvalue weighted by atomic mass is 10.0. The van der Waals surface area contributed by atoms with Gasteiger partial charge in [-0.2, -0.15) is 0 Å². The Morgan fingerprint density at radius 3 is 2.77 bits per heavy atom. The number of pyridine rings is 1. The van der Waals surface area contributed by atoms with Gasteiger partial charge in [-0.3, -0.25) is 14.4 Å². The Morgan fingerprint density at radius 2 is 2.00 bits per heavy atom. The molecule has 0 radical (unpaired) electrons. The first-order valence-corrected chi connectivity index (χ1v) is 10.1. The minimum absolute atomic E-state index is 0.0979. The maximum atomic E-state index is 12.9. The zero-order valence-corrected chi connectivity index (χ0v) is 16.8. The van der Waals surface area contributed by atoms with Crippen molar-refractivity contribution in [3.63, 3.8) is 0 Å². The number of nitrogens with one attached hydrogen (secondary N) is 2. The molecule has 1 aromatic carbocycles. The molecule has 1 aromatic heterocycles. The van der Waals surface area contributed by atoms with E-state index in [2.05, 4.69) is 15.6 Å². The Kier molecular flexibility index (Phi) is 5.65. The summed E-state index contributed by atoms with van der Waals surface area (Å²) in [6.07, 6.45) is 3.43. The minimum atomic E-state index is -0.678. The molecule has 1 atom stereocenters. The smallest absolute Gasteiger partial charge is 0.255 e. The van der Waals surface area contributed by atoms with E-state index in [1.54, 1.807) is 41.4 Å². The van der Waals surface area contributed by atoms with Crippen LogP contribution in [0.1, 0.15) is 47.3 Å². The average Bonchev–Trinajstić information content (AvgIpc) is 3.55. The monoisotopic (exact) mass is 408 g/mol. The molecule has 1 fully saturated rings. The largest absolute Gasteiger partial charge is 0.478 e. The first-order chi connectivity index (χ1) is 14.6. The van der Waals surface area contributed by atoms with E-state index in [4.69, 9.17) is 4.74 Å². The molecule has 8 heteroatoms. The van der Waals surface area contributed by atoms with Gasteiger partial charge in [-0.15, -0.1) is 0 Å². The third kappa shape index (κ3) is 4.12. The summed E-state index contributed by atoms with van der Waals surface area (Å²) in [6, 6.07) is 10.1. The molecule has 30 heavy (non-hydrogen) atoms. The normalized spacial score (nSPS) is 17.4. The molecule has 156 valence electrons. The third-order valence-electron chi connectivity index (χ3n) is 5.19. The van der Waals surface area contributed by atoms with Gasteiger partial charge in [0, 0.05) is 30.4 Å². The molecule has 2 aliphatic rings. The summed E-state index contributed by atoms with van der Waals surface area (Å²) in [6.45, 7) is 2.53. The standard InChI is InChI=1S/C22H24N4O4/c1-2-30-19-11-14(9-10-23-19)12-24-18(27)13-25-21(28)20-16-5-3-4-6-17(16)22(29)26(20)15-7-8-15/h3-6,9-11,15,20H,2,7-8,12-13H2,1H3,(H,24,27)(H,25,28). The van der Waals surface area contributed by atoms with Crippen molar-refractivity contribution in [2.75, 3.05) is 13.2 Å². The van der Waals surface area contributed by atoms with Crippen LogP contribution in [0, 0.1) is 0 Å². The maximum Gasteiger partial charge on any atom is 0.255 e. The predicted molar refractivity (Wildman–Crippen MR) is 109 cm³/mol. The molecule has 4 rings (SSSR count). The molecular formula is C22H24N4O4. The number of amides is 3. The van der Waals surface area contributed by atoms with Crippen molar-refractivity contribution in [3.05, 3.63) is 59.3 Å². The van der Waals surface area contributed by atoms with Gasteiger partial charge in [0.15, 0.2) is 0 Å². The second-order valence-electron chi connectivity index (χ2n) is 7.36. The van der Waals surface area contributed by atoms with Crippen molar-refractivity contribution in [3.8, 4) is 5.88 Å². The van der Waals surface area contributed by atoms with Crippen molar-refractivity contribution in [2.24, 2.45) is 0 Å². The van der Waals surface area contributed by atoms with E-state index in [1.807, 2.05) is 13.0 Å². The van der Waals surface area contributed by atoms with Gasteiger partial charge in [0.2, 0.25) is 17.7 Å². The number of fused-ring (bicyclic) bond motifs is 1. The fourth-order valence-electron chi connectivity index (χ4n) is 3.65. The fourth-order valence-corrected chi connectivity index (χ4v) is 3.65. The second-order valence-corrected chi connectivity index (χ2v) is 7.36. The second kappa shape index (κ2) is 8.52. The number of carbonyl (C=O) groups excluding carboxylic acids is 3. The highest BCUT2D eigenvalue weighted by molar-refractivity contribution is 6.05. The number of benzene rings is 1. The lowest BCUT2D eigenvalue weighted by Gasteiger charge is -2.24. The van der Waals surface area contributed by atoms with E-state index in [9.17, 15) is 14.4 Å². The number of ether oxygens (including phenoxy) is 1. The molecule has 2 aromatic rings. The molecule has 1 aliphatic carbocycles. The Morgan fingerprint density at radius 1 is 1.20 bits per heavy atom. The van der Waals surface area contributed by atoms with Gasteiger partial charge in [0.05, 0.1) is 13.2 Å². The zero-order chi connectivity index (χ0) is 21.1. The van der Waals surface area contributed by atoms with Gasteiger partial charge < -0.3 is 20.3 Å². The minimum Gasteiger partial charge on any atom is -0.478 e. The lowest BCUT2D eigenvalue weighted by Crippen LogP contribution is -2.43. The molecule has 0 bridgehead atoms. The van der Waals surface area contributed by atoms with Crippen LogP contribution in [0.3, 0.4) is 0 Å². The summed E-state index contributed by atoms with van der Waals surface area (Å²) in [4.78, 5) is 43.6. The van der Waals surface area contributed by atoms with Gasteiger partial charge >= 0.3 is 0 Å². The predicted octanol–water partition coefficient (Wildman–Crippen LogP) is 1.57. The molecule has 0 saturated heterocycles. The van der Waals surface area contributed by atoms with Crippen LogP contribution in [-0.4, -0.2) is 46.8 Å². The number of carbonyl (C=O) groups is 3. The third-order valence-corrected chi connectivity index (χ3v) is 5.19. The highest BCUT2D eigenvalue weighted by atomic mass is 16.5. The number of rotatable bonds is 8. The molecule has 3 amide bonds. The molecule has 8 nitrogen and oxygen atoms in total. The lowest BCUT2D eigenvalue weighted by molar-refractivity contribution is -0.129. The van der Waals surface area contributed by atoms with Crippen LogP contribution in [0.25, 0.3) is 0 Å². The maximum absolute atomic E-state index is 12.9. The van der Waals surface area contributed by atoms with E-state index in [1.165, 1.54) is 0 Å². The topological polar surface area (TPSA) is 101 Å². The van der Waals surface area contributed by atoms with Gasteiger partial charge in [0.1, 0.15) is 6.04 Å². The van der Waals surface area contributed by atoms with Crippen molar-refractivity contribution >= 4 is 17.7 Å². The highest BCUT2D eigenvalue weighted by Gasteiger charge is 2.47. The first kappa shape index (κ1) is 19.9. The summed E-state index contributed by atoms with van der Waals surface area (Å²) in [7, 11) is 0. The van der Waals surface area contributed by atoms with E-state index in [-0.39, 0.29) is 30.3 Å². The summed E-state index contributed by atoms with van der Waals surface area (Å²) in [5, 5.41) is 5.46. The van der Waals surface area contributed by atoms with Crippen LogP contribution in [0.5, 0.6) is 5.88 Å². The number of hydrogen-bond acceptors (Lipinski definition) is 5. The van der Waals surface area contributed by atoms with Crippen LogP contribution >= 0.6 is 0 Å². The van der Waals surface area contributed by atoms with Crippen molar-refractivity contribution in [2.45, 2.75) is 38.4 Å². The SMILES string of the molecule is CCOc1cc(CNC(=O)CNC(=O)C2c3ccccc3C(=O)N2C2CC2)ccn1. The zero-order valence-electron chi connectivity index (χ0n) is 16.8. The van der Waals surface area contributed by atoms with E-state index in [0.717, 1.165) is 18.4 Å². The van der Waals surface area contributed by atoms with Crippen LogP contribution in [0.4, 0.5) is 0 Å². The van der Waals surface area contributed by atoms with E-state index >= 15 is 0 Å². The number of hydrogen-bond donors (Lipinski definition) is 2. The summed E-state index contributed by atoms with van der Waals surface area (Å²) in [5.74, 6) is -0.255. The summed E-state index contributed by atoms with van der Waals surface area (Å²) >= 11 is 0. The van der Waals surface area contributed by atoms with Gasteiger partial charge in [-0.25, -0.2) is 4.98 Å². The molecule has 2 N–H and O–H groups in total. The first-order valence-electron chi connectivity index (χ1n) is 10.1. The van der Waals surface area contributed by atoms with Gasteiger partial charge in [-0.1, -0.05) is 18.2 Å². The van der Waals surface area contributed by atoms with E-state index in [0.29, 0.717) is 30.2 Å². The Balaban J connectivity index is 1.34. The fraction of sp³-hybridized carbons (Fsp3) is 0.364. The van der Waals surface area contributed by atoms with Crippen LogP contribution in [-0.2, 0) is 16.1 Å². The molecule has 0 spiro atoms. The van der Waals surface area contributed by atoms with Crippen LogP contribution < -0.4 is 15.4 Å². The Labute approximate surface area is 174 Å². The van der Waals surface area contributed by atoms with E-state index < -0.39 is 6.04 Å². The van der Waals surface area contributed by atoms with Crippen LogP contribution in [0.2, 0.25) is 0 Å². The number of aromatic nitrogens is 1. The van der Waals surface area contributed by atoms with Gasteiger partial charge in [-0.05, 0) is 43.0 Å². The van der Waals surface area contributed by atoms with Crippen molar-refractivity contribution in [1.82, 2.24) is 20.5 Å². The van der Waals surface area contributed by atoms with Crippen LogP contribution in [0.15, 0.2) is 42.6 Å². The highest BCUT2D eigenvalue weighted by Crippen LogP contribution is 2.41. The Hall–Kier alpha value is -3.42. The summed E-state index contributed by atoms with van der Waals surface area (Å²) in [5.41, 5.74) is 2.12. The molecule has 1 aliphatic heterocycles. The molecule has 2 heterocycles. The van der Waals surface area contributed by atoms with Gasteiger partial charge in [0.25, 0.3) is 5.91 Å². The summed E-state index contributed by atoms with van der Waals surface area (Å²) < 4.78 is 5.35. The van der Waals surface area contributed by atoms with Crippen molar-refractivity contribution < 1.29 is 19.1 Å². The van der Waals surface area contributed by atoms with Crippen molar-refractivity contribution in [1.29, 1.82) is 0 Å². The quantitative estimate of drug-likeness (QED) is 0.691. The molecular weight excluding hydrogens is 384 g/mol. The molecule has 1 unspecified atom stereocenters. The Bertz CT molecular complexity index is 973. The average molecular weight is 408 g/mol. The molecule has 1 saturated carbocycles.